The molecule has 3 atom stereocenters. The number of hydrogen-bond donors (Lipinski definition) is 1. The molecule has 4 nitrogen and oxygen atoms in total. The molecule has 2 spiro atoms. The van der Waals surface area contributed by atoms with Crippen molar-refractivity contribution in [2.45, 2.75) is 120 Å². The average molecular weight is 391 g/mol. The molecule has 0 radical (unpaired) electrons. The van der Waals surface area contributed by atoms with E-state index in [0.717, 1.165) is 25.7 Å². The van der Waals surface area contributed by atoms with E-state index in [1.54, 1.807) is 12.2 Å². The lowest BCUT2D eigenvalue weighted by Crippen LogP contribution is -2.47. The fourth-order valence-electron chi connectivity index (χ4n) is 4.86. The van der Waals surface area contributed by atoms with Gasteiger partial charge < -0.3 is 14.6 Å². The largest absolute Gasteiger partial charge is 0.393 e. The molecular formula is C24H38O4. The summed E-state index contributed by atoms with van der Waals surface area (Å²) in [6, 6.07) is 0. The van der Waals surface area contributed by atoms with Crippen LogP contribution in [0.1, 0.15) is 96.8 Å². The van der Waals surface area contributed by atoms with Crippen LogP contribution >= 0.6 is 0 Å². The van der Waals surface area contributed by atoms with Crippen molar-refractivity contribution >= 4 is 5.78 Å². The molecule has 0 unspecified atom stereocenters. The predicted molar refractivity (Wildman–Crippen MR) is 111 cm³/mol. The van der Waals surface area contributed by atoms with E-state index in [1.165, 1.54) is 51.4 Å². The highest BCUT2D eigenvalue weighted by atomic mass is 16.7. The molecule has 3 aliphatic rings. The van der Waals surface area contributed by atoms with Crippen LogP contribution in [-0.4, -0.2) is 34.5 Å². The zero-order chi connectivity index (χ0) is 19.9. The van der Waals surface area contributed by atoms with Crippen LogP contribution < -0.4 is 0 Å². The van der Waals surface area contributed by atoms with Gasteiger partial charge in [0.05, 0.1) is 12.2 Å². The number of ketones is 1. The van der Waals surface area contributed by atoms with E-state index in [-0.39, 0.29) is 18.0 Å². The normalized spacial score (nSPS) is 31.3. The lowest BCUT2D eigenvalue weighted by molar-refractivity contribution is -0.292. The second-order valence-corrected chi connectivity index (χ2v) is 8.99. The Balaban J connectivity index is 1.39. The molecule has 2 saturated heterocycles. The third kappa shape index (κ3) is 6.01. The van der Waals surface area contributed by atoms with Crippen molar-refractivity contribution in [2.24, 2.45) is 0 Å². The number of carbonyl (C=O) groups is 1. The Labute approximate surface area is 170 Å². The van der Waals surface area contributed by atoms with Crippen molar-refractivity contribution in [3.8, 4) is 0 Å². The van der Waals surface area contributed by atoms with E-state index < -0.39 is 11.4 Å². The molecule has 0 amide bonds. The van der Waals surface area contributed by atoms with Gasteiger partial charge in [0, 0.05) is 12.8 Å². The third-order valence-electron chi connectivity index (χ3n) is 6.42. The van der Waals surface area contributed by atoms with Gasteiger partial charge >= 0.3 is 0 Å². The Kier molecular flexibility index (Phi) is 7.90. The van der Waals surface area contributed by atoms with Crippen LogP contribution in [0.25, 0.3) is 0 Å². The first-order chi connectivity index (χ1) is 13.5. The zero-order valence-electron chi connectivity index (χ0n) is 17.5. The minimum Gasteiger partial charge on any atom is -0.393 e. The van der Waals surface area contributed by atoms with E-state index in [0.29, 0.717) is 12.8 Å². The summed E-state index contributed by atoms with van der Waals surface area (Å²) < 4.78 is 12.7. The Hall–Kier alpha value is -0.970. The first-order valence-corrected chi connectivity index (χ1v) is 11.5. The van der Waals surface area contributed by atoms with Gasteiger partial charge in [-0.1, -0.05) is 64.7 Å². The zero-order valence-corrected chi connectivity index (χ0v) is 17.5. The number of rotatable bonds is 10. The van der Waals surface area contributed by atoms with Crippen LogP contribution in [0.3, 0.4) is 0 Å². The van der Waals surface area contributed by atoms with Crippen molar-refractivity contribution in [2.75, 3.05) is 0 Å². The average Bonchev–Trinajstić information content (AvgIpc) is 3.00. The summed E-state index contributed by atoms with van der Waals surface area (Å²) in [4.78, 5) is 11.4. The Morgan fingerprint density at radius 1 is 1.00 bits per heavy atom. The highest BCUT2D eigenvalue weighted by Gasteiger charge is 2.52. The number of carbonyl (C=O) groups excluding carboxylic acids is 1. The van der Waals surface area contributed by atoms with Crippen LogP contribution in [0.4, 0.5) is 0 Å². The number of unbranched alkanes of at least 4 members (excludes halogenated alkanes) is 8. The molecule has 3 rings (SSSR count). The number of allylic oxidation sites excluding steroid dienone is 2. The van der Waals surface area contributed by atoms with Crippen LogP contribution in [0.2, 0.25) is 0 Å². The van der Waals surface area contributed by atoms with E-state index in [4.69, 9.17) is 9.47 Å². The minimum absolute atomic E-state index is 0.00279. The second kappa shape index (κ2) is 10.2. The fraction of sp³-hybridized carbons (Fsp3) is 0.792. The van der Waals surface area contributed by atoms with Crippen molar-refractivity contribution in [1.82, 2.24) is 0 Å². The van der Waals surface area contributed by atoms with E-state index >= 15 is 0 Å². The maximum Gasteiger partial charge on any atom is 0.178 e. The highest BCUT2D eigenvalue weighted by Crippen LogP contribution is 2.47. The minimum atomic E-state index is -0.698. The Morgan fingerprint density at radius 2 is 1.64 bits per heavy atom. The van der Waals surface area contributed by atoms with Crippen LogP contribution in [-0.2, 0) is 14.3 Å². The Morgan fingerprint density at radius 3 is 2.32 bits per heavy atom. The summed E-state index contributed by atoms with van der Waals surface area (Å²) in [6.45, 7) is 2.26. The lowest BCUT2D eigenvalue weighted by Gasteiger charge is -2.42. The summed E-state index contributed by atoms with van der Waals surface area (Å²) >= 11 is 0. The molecule has 1 aliphatic carbocycles. The summed E-state index contributed by atoms with van der Waals surface area (Å²) in [7, 11) is 0. The summed E-state index contributed by atoms with van der Waals surface area (Å²) in [5.41, 5.74) is -0.534. The molecule has 0 bridgehead atoms. The van der Waals surface area contributed by atoms with Gasteiger partial charge in [-0.25, -0.2) is 0 Å². The van der Waals surface area contributed by atoms with Crippen molar-refractivity contribution < 1.29 is 19.4 Å². The first-order valence-electron chi connectivity index (χ1n) is 11.5. The van der Waals surface area contributed by atoms with E-state index in [9.17, 15) is 9.90 Å². The molecule has 2 fully saturated rings. The van der Waals surface area contributed by atoms with Crippen molar-refractivity contribution in [3.05, 3.63) is 24.3 Å². The lowest BCUT2D eigenvalue weighted by atomic mass is 9.91. The second-order valence-electron chi connectivity index (χ2n) is 8.99. The van der Waals surface area contributed by atoms with E-state index in [1.807, 2.05) is 12.2 Å². The van der Waals surface area contributed by atoms with Gasteiger partial charge in [-0.2, -0.15) is 0 Å². The molecule has 28 heavy (non-hydrogen) atoms. The SMILES string of the molecule is CCCCCCCCCCC[C@@H]1C[C@H](O)C[C@]2(CCC3(C=CC(=O)C=C3)O2)O1. The number of aliphatic hydroxyl groups is 1. The summed E-state index contributed by atoms with van der Waals surface area (Å²) in [5.74, 6) is -0.695. The highest BCUT2D eigenvalue weighted by molar-refractivity contribution is 6.00. The number of aliphatic hydroxyl groups excluding tert-OH is 1. The van der Waals surface area contributed by atoms with Crippen LogP contribution in [0, 0.1) is 0 Å². The van der Waals surface area contributed by atoms with Crippen molar-refractivity contribution in [1.29, 1.82) is 0 Å². The van der Waals surface area contributed by atoms with Gasteiger partial charge in [-0.3, -0.25) is 4.79 Å². The first kappa shape index (κ1) is 21.7. The van der Waals surface area contributed by atoms with Gasteiger partial charge in [-0.05, 0) is 43.6 Å². The quantitative estimate of drug-likeness (QED) is 0.508. The molecule has 0 aromatic carbocycles. The van der Waals surface area contributed by atoms with Gasteiger partial charge in [0.2, 0.25) is 0 Å². The van der Waals surface area contributed by atoms with E-state index in [2.05, 4.69) is 6.92 Å². The van der Waals surface area contributed by atoms with Crippen molar-refractivity contribution in [3.63, 3.8) is 0 Å². The predicted octanol–water partition coefficient (Wildman–Crippen LogP) is 5.39. The van der Waals surface area contributed by atoms with Crippen LogP contribution in [0.5, 0.6) is 0 Å². The fourth-order valence-corrected chi connectivity index (χ4v) is 4.86. The van der Waals surface area contributed by atoms with Gasteiger partial charge in [-0.15, -0.1) is 0 Å². The summed E-state index contributed by atoms with van der Waals surface area (Å²) in [5, 5.41) is 10.4. The molecule has 2 heterocycles. The molecule has 4 heteroatoms. The standard InChI is InChI=1S/C24H38O4/c1-2-3-4-5-6-7-8-9-10-11-22-18-21(26)19-24(27-22)17-16-23(28-24)14-12-20(25)13-15-23/h12-15,21-22,26H,2-11,16-19H2,1H3/t21-,22+,24+/m0/s1. The van der Waals surface area contributed by atoms with Gasteiger partial charge in [0.25, 0.3) is 0 Å². The van der Waals surface area contributed by atoms with Gasteiger partial charge in [0.15, 0.2) is 11.6 Å². The topological polar surface area (TPSA) is 55.8 Å². The maximum absolute atomic E-state index is 11.4. The molecule has 2 aliphatic heterocycles. The maximum atomic E-state index is 11.4. The third-order valence-corrected chi connectivity index (χ3v) is 6.42. The number of ether oxygens (including phenoxy) is 2. The summed E-state index contributed by atoms with van der Waals surface area (Å²) in [6.07, 6.45) is 22.2. The number of hydrogen-bond acceptors (Lipinski definition) is 4. The smallest absolute Gasteiger partial charge is 0.178 e. The van der Waals surface area contributed by atoms with Gasteiger partial charge in [0.1, 0.15) is 5.60 Å². The monoisotopic (exact) mass is 390 g/mol. The Bertz CT molecular complexity index is 551. The molecule has 1 N–H and O–H groups in total. The molecule has 158 valence electrons. The molecular weight excluding hydrogens is 352 g/mol. The van der Waals surface area contributed by atoms with Crippen LogP contribution in [0.15, 0.2) is 24.3 Å². The molecule has 0 aromatic heterocycles. The molecule has 0 aromatic rings. The molecule has 0 saturated carbocycles.